The number of thiophene rings is 2. The number of nitrogens with one attached hydrogen (secondary N) is 1. The first kappa shape index (κ1) is 51.1. The van der Waals surface area contributed by atoms with Crippen LogP contribution in [0, 0.1) is 0 Å². The molecule has 1 N–H and O–H groups in total. The van der Waals surface area contributed by atoms with Crippen molar-refractivity contribution in [2.24, 2.45) is 0 Å². The quantitative estimate of drug-likeness (QED) is 0.143. The summed E-state index contributed by atoms with van der Waals surface area (Å²) >= 11 is 15.5. The van der Waals surface area contributed by atoms with Gasteiger partial charge in [-0.3, -0.25) is 19.6 Å². The molecule has 6 aromatic rings. The molecule has 0 saturated carbocycles. The van der Waals surface area contributed by atoms with Gasteiger partial charge in [0.05, 0.1) is 34.2 Å². The predicted octanol–water partition coefficient (Wildman–Crippen LogP) is 10.4. The van der Waals surface area contributed by atoms with Crippen molar-refractivity contribution in [1.82, 2.24) is 30.0 Å². The largest absolute Gasteiger partial charge is 0.490 e. The van der Waals surface area contributed by atoms with Gasteiger partial charge in [-0.1, -0.05) is 59.6 Å². The average Bonchev–Trinajstić information content (AvgIpc) is 4.00. The highest BCUT2D eigenvalue weighted by Crippen LogP contribution is 2.35. The number of piperazine rings is 2. The molecule has 2 unspecified atom stereocenters. The van der Waals surface area contributed by atoms with Crippen LogP contribution in [-0.2, 0) is 4.74 Å². The Labute approximate surface area is 409 Å². The molecule has 2 fully saturated rings. The number of benzene rings is 2. The molecule has 2 atom stereocenters. The Morgan fingerprint density at radius 1 is 0.677 bits per heavy atom. The third kappa shape index (κ3) is 13.8. The molecular formula is C47H50Cl4N6O6S2. The molecule has 12 nitrogen and oxygen atoms in total. The smallest absolute Gasteiger partial charge is 0.410 e. The Hall–Kier alpha value is -4.93. The van der Waals surface area contributed by atoms with Gasteiger partial charge in [0, 0.05) is 82.6 Å². The monoisotopic (exact) mass is 998 g/mol. The van der Waals surface area contributed by atoms with Crippen molar-refractivity contribution < 1.29 is 28.6 Å². The number of nitrogens with zero attached hydrogens (tertiary/aromatic N) is 5. The summed E-state index contributed by atoms with van der Waals surface area (Å²) in [5.41, 5.74) is 1.24. The van der Waals surface area contributed by atoms with Gasteiger partial charge in [0.15, 0.2) is 0 Å². The van der Waals surface area contributed by atoms with Gasteiger partial charge in [-0.05, 0) is 81.4 Å². The van der Waals surface area contributed by atoms with Gasteiger partial charge in [0.25, 0.3) is 11.8 Å². The molecule has 6 heterocycles. The van der Waals surface area contributed by atoms with Crippen LogP contribution < -0.4 is 14.8 Å². The Morgan fingerprint density at radius 2 is 1.18 bits per heavy atom. The molecule has 344 valence electrons. The van der Waals surface area contributed by atoms with Crippen molar-refractivity contribution in [1.29, 1.82) is 0 Å². The SMILES string of the molecule is CC(C)(C)OC(=O)N1CCN(C(=O)c2ccc(-c3ccccc3Cl)s2)C(COc2cccnc2)C1.Cl.Cl.O=C(c1ccc(-c2ccccc2Cl)s1)N1CCNCC1COc1cccnc1. The van der Waals surface area contributed by atoms with E-state index < -0.39 is 11.7 Å². The normalized spacial score (nSPS) is 15.9. The lowest BCUT2D eigenvalue weighted by Gasteiger charge is -2.41. The standard InChI is InChI=1S/C26H28ClN3O4S.C21H20ClN3O2S.2ClH/c1-26(2,3)34-25(32)29-13-14-30(18(16-29)17-33-19-7-6-12-28-15-19)24(31)23-11-10-22(35-23)20-8-4-5-9-21(20)27;22-18-6-2-1-5-17(18)19-7-8-20(28-19)21(26)25-11-10-24-12-15(25)14-27-16-4-3-9-23-13-16;;/h4-12,15,18H,13-14,16-17H2,1-3H3;1-9,13,15,24H,10-12,14H2;2*1H. The zero-order valence-corrected chi connectivity index (χ0v) is 40.7. The number of carbonyl (C=O) groups excluding carboxylic acids is 3. The second-order valence-electron chi connectivity index (χ2n) is 15.7. The molecule has 18 heteroatoms. The van der Waals surface area contributed by atoms with E-state index in [1.54, 1.807) is 40.7 Å². The van der Waals surface area contributed by atoms with Crippen LogP contribution in [0.5, 0.6) is 11.5 Å². The number of hydrogen-bond donors (Lipinski definition) is 1. The van der Waals surface area contributed by atoms with E-state index in [4.69, 9.17) is 37.4 Å². The lowest BCUT2D eigenvalue weighted by molar-refractivity contribution is -0.000835. The summed E-state index contributed by atoms with van der Waals surface area (Å²) in [5.74, 6) is 1.24. The van der Waals surface area contributed by atoms with Crippen LogP contribution in [-0.4, -0.2) is 113 Å². The molecular weight excluding hydrogens is 950 g/mol. The number of carbonyl (C=O) groups is 3. The number of aromatic nitrogens is 2. The Kier molecular flexibility index (Phi) is 18.9. The first-order valence-electron chi connectivity index (χ1n) is 20.5. The first-order chi connectivity index (χ1) is 30.4. The number of halogens is 4. The number of ether oxygens (including phenoxy) is 3. The van der Waals surface area contributed by atoms with Gasteiger partial charge >= 0.3 is 6.09 Å². The van der Waals surface area contributed by atoms with E-state index in [1.165, 1.54) is 22.7 Å². The lowest BCUT2D eigenvalue weighted by Crippen LogP contribution is -2.58. The highest BCUT2D eigenvalue weighted by atomic mass is 35.5. The van der Waals surface area contributed by atoms with Crippen molar-refractivity contribution >= 4 is 88.6 Å². The maximum atomic E-state index is 13.6. The minimum atomic E-state index is -0.599. The second kappa shape index (κ2) is 24.0. The lowest BCUT2D eigenvalue weighted by atomic mass is 10.1. The molecule has 2 saturated heterocycles. The Balaban J connectivity index is 0.000000242. The van der Waals surface area contributed by atoms with Gasteiger partial charge in [-0.2, -0.15) is 0 Å². The van der Waals surface area contributed by atoms with Gasteiger partial charge in [0.1, 0.15) is 30.3 Å². The van der Waals surface area contributed by atoms with Crippen molar-refractivity contribution in [2.75, 3.05) is 52.5 Å². The van der Waals surface area contributed by atoms with E-state index in [-0.39, 0.29) is 55.3 Å². The summed E-state index contributed by atoms with van der Waals surface area (Å²) in [6.07, 6.45) is 6.28. The van der Waals surface area contributed by atoms with E-state index in [0.29, 0.717) is 70.6 Å². The van der Waals surface area contributed by atoms with Crippen molar-refractivity contribution in [3.05, 3.63) is 142 Å². The molecule has 2 aromatic carbocycles. The van der Waals surface area contributed by atoms with E-state index in [0.717, 1.165) is 27.4 Å². The number of rotatable bonds is 10. The van der Waals surface area contributed by atoms with Gasteiger partial charge in [-0.15, -0.1) is 47.5 Å². The second-order valence-corrected chi connectivity index (χ2v) is 18.7. The molecule has 0 bridgehead atoms. The van der Waals surface area contributed by atoms with Gasteiger partial charge in [0.2, 0.25) is 0 Å². The fraction of sp³-hybridized carbons (Fsp3) is 0.298. The van der Waals surface area contributed by atoms with Crippen LogP contribution in [0.4, 0.5) is 4.79 Å². The van der Waals surface area contributed by atoms with Crippen LogP contribution in [0.1, 0.15) is 40.1 Å². The first-order valence-corrected chi connectivity index (χ1v) is 22.9. The highest BCUT2D eigenvalue weighted by Gasteiger charge is 2.36. The van der Waals surface area contributed by atoms with Crippen LogP contribution in [0.25, 0.3) is 20.9 Å². The van der Waals surface area contributed by atoms with Crippen molar-refractivity contribution in [2.45, 2.75) is 38.5 Å². The third-order valence-corrected chi connectivity index (χ3v) is 12.9. The summed E-state index contributed by atoms with van der Waals surface area (Å²) in [4.78, 5) is 56.1. The fourth-order valence-electron chi connectivity index (χ4n) is 6.98. The molecule has 3 amide bonds. The maximum Gasteiger partial charge on any atom is 0.410 e. The number of amides is 3. The zero-order valence-electron chi connectivity index (χ0n) is 35.9. The summed E-state index contributed by atoms with van der Waals surface area (Å²) < 4.78 is 17.3. The number of hydrogen-bond acceptors (Lipinski definition) is 11. The zero-order chi connectivity index (χ0) is 44.3. The van der Waals surface area contributed by atoms with E-state index in [9.17, 15) is 14.4 Å². The minimum Gasteiger partial charge on any atom is -0.490 e. The third-order valence-electron chi connectivity index (χ3n) is 10.1. The number of pyridine rings is 2. The molecule has 8 rings (SSSR count). The van der Waals surface area contributed by atoms with E-state index in [2.05, 4.69) is 15.3 Å². The van der Waals surface area contributed by atoms with Crippen LogP contribution in [0.15, 0.2) is 122 Å². The molecule has 2 aliphatic rings. The Bertz CT molecular complexity index is 2470. The molecule has 65 heavy (non-hydrogen) atoms. The summed E-state index contributed by atoms with van der Waals surface area (Å²) in [7, 11) is 0. The molecule has 4 aromatic heterocycles. The fourth-order valence-corrected chi connectivity index (χ4v) is 9.58. The summed E-state index contributed by atoms with van der Waals surface area (Å²) in [6.45, 7) is 9.34. The molecule has 0 spiro atoms. The molecule has 0 radical (unpaired) electrons. The predicted molar refractivity (Wildman–Crippen MR) is 264 cm³/mol. The van der Waals surface area contributed by atoms with E-state index in [1.807, 2.05) is 117 Å². The summed E-state index contributed by atoms with van der Waals surface area (Å²) in [6, 6.07) is 29.7. The molecule has 2 aliphatic heterocycles. The highest BCUT2D eigenvalue weighted by molar-refractivity contribution is 7.17. The van der Waals surface area contributed by atoms with Crippen LogP contribution in [0.2, 0.25) is 10.0 Å². The topological polar surface area (TPSA) is 126 Å². The maximum absolute atomic E-state index is 13.6. The van der Waals surface area contributed by atoms with E-state index >= 15 is 0 Å². The van der Waals surface area contributed by atoms with Crippen LogP contribution in [0.3, 0.4) is 0 Å². The summed E-state index contributed by atoms with van der Waals surface area (Å²) in [5, 5.41) is 4.67. The van der Waals surface area contributed by atoms with Gasteiger partial charge < -0.3 is 34.2 Å². The van der Waals surface area contributed by atoms with Crippen LogP contribution >= 0.6 is 70.7 Å². The molecule has 0 aliphatic carbocycles. The average molecular weight is 1000 g/mol. The van der Waals surface area contributed by atoms with Gasteiger partial charge in [-0.25, -0.2) is 4.79 Å². The Morgan fingerprint density at radius 3 is 1.68 bits per heavy atom. The minimum absolute atomic E-state index is 0. The van der Waals surface area contributed by atoms with Crippen molar-refractivity contribution in [3.8, 4) is 32.4 Å². The van der Waals surface area contributed by atoms with Crippen molar-refractivity contribution in [3.63, 3.8) is 0 Å².